The first kappa shape index (κ1) is 20.7. The van der Waals surface area contributed by atoms with Gasteiger partial charge >= 0.3 is 0 Å². The summed E-state index contributed by atoms with van der Waals surface area (Å²) in [5, 5.41) is 3.65. The van der Waals surface area contributed by atoms with Crippen molar-refractivity contribution in [3.05, 3.63) is 89.7 Å². The van der Waals surface area contributed by atoms with E-state index in [0.717, 1.165) is 48.2 Å². The predicted molar refractivity (Wildman–Crippen MR) is 123 cm³/mol. The summed E-state index contributed by atoms with van der Waals surface area (Å²) in [5.41, 5.74) is 3.63. The molecule has 2 aliphatic heterocycles. The average Bonchev–Trinajstić information content (AvgIpc) is 3.38. The SMILES string of the molecule is CN1CCC2(CCC(c3cccc(-c4ccccc4OCc4cccc(F)c4)c3)N2)C1=O. The lowest BCUT2D eigenvalue weighted by Crippen LogP contribution is -2.47. The Labute approximate surface area is 188 Å². The van der Waals surface area contributed by atoms with Gasteiger partial charge < -0.3 is 9.64 Å². The lowest BCUT2D eigenvalue weighted by atomic mass is 9.95. The lowest BCUT2D eigenvalue weighted by molar-refractivity contribution is -0.131. The number of hydrogen-bond donors (Lipinski definition) is 1. The number of nitrogens with one attached hydrogen (secondary N) is 1. The molecule has 2 atom stereocenters. The van der Waals surface area contributed by atoms with E-state index in [0.29, 0.717) is 6.61 Å². The molecular weight excluding hydrogens is 403 g/mol. The van der Waals surface area contributed by atoms with E-state index in [9.17, 15) is 9.18 Å². The fourth-order valence-corrected chi connectivity index (χ4v) is 4.96. The monoisotopic (exact) mass is 430 g/mol. The van der Waals surface area contributed by atoms with Gasteiger partial charge in [0, 0.05) is 25.2 Å². The topological polar surface area (TPSA) is 41.6 Å². The molecule has 1 spiro atoms. The Morgan fingerprint density at radius 1 is 1.06 bits per heavy atom. The molecule has 0 radical (unpaired) electrons. The van der Waals surface area contributed by atoms with Crippen LogP contribution in [-0.4, -0.2) is 29.9 Å². The molecule has 2 fully saturated rings. The summed E-state index contributed by atoms with van der Waals surface area (Å²) in [6.07, 6.45) is 2.69. The number of carbonyl (C=O) groups excluding carboxylic acids is 1. The molecule has 0 aliphatic carbocycles. The second-order valence-electron chi connectivity index (χ2n) is 8.83. The largest absolute Gasteiger partial charge is 0.488 e. The van der Waals surface area contributed by atoms with Crippen LogP contribution < -0.4 is 10.1 Å². The van der Waals surface area contributed by atoms with Crippen LogP contribution in [0.1, 0.15) is 36.4 Å². The van der Waals surface area contributed by atoms with Crippen LogP contribution in [0.4, 0.5) is 4.39 Å². The number of para-hydroxylation sites is 1. The van der Waals surface area contributed by atoms with Crippen LogP contribution in [0.5, 0.6) is 5.75 Å². The molecular formula is C27H27FN2O2. The standard InChI is InChI=1S/C27H27FN2O2/c1-30-15-14-27(26(30)31)13-12-24(29-27)21-8-5-7-20(17-21)23-10-2-3-11-25(23)32-18-19-6-4-9-22(28)16-19/h2-11,16-17,24,29H,12-15,18H2,1H3. The highest BCUT2D eigenvalue weighted by Gasteiger charge is 2.49. The highest BCUT2D eigenvalue weighted by atomic mass is 19.1. The van der Waals surface area contributed by atoms with Gasteiger partial charge in [-0.15, -0.1) is 0 Å². The Morgan fingerprint density at radius 2 is 1.91 bits per heavy atom. The van der Waals surface area contributed by atoms with E-state index in [4.69, 9.17) is 4.74 Å². The van der Waals surface area contributed by atoms with Crippen molar-refractivity contribution in [1.29, 1.82) is 0 Å². The number of benzene rings is 3. The van der Waals surface area contributed by atoms with E-state index in [1.807, 2.05) is 42.3 Å². The zero-order valence-corrected chi connectivity index (χ0v) is 18.2. The van der Waals surface area contributed by atoms with Crippen molar-refractivity contribution < 1.29 is 13.9 Å². The number of likely N-dealkylation sites (tertiary alicyclic amines) is 1. The van der Waals surface area contributed by atoms with Crippen LogP contribution in [0, 0.1) is 5.82 Å². The van der Waals surface area contributed by atoms with Crippen LogP contribution >= 0.6 is 0 Å². The number of ether oxygens (including phenoxy) is 1. The molecule has 2 unspecified atom stereocenters. The highest BCUT2D eigenvalue weighted by molar-refractivity contribution is 5.88. The molecule has 2 aliphatic rings. The zero-order valence-electron chi connectivity index (χ0n) is 18.2. The van der Waals surface area contributed by atoms with Crippen molar-refractivity contribution in [2.45, 2.75) is 37.5 Å². The first-order valence-corrected chi connectivity index (χ1v) is 11.1. The first-order valence-electron chi connectivity index (χ1n) is 11.1. The third-order valence-corrected chi connectivity index (χ3v) is 6.71. The molecule has 0 bridgehead atoms. The normalized spacial score (nSPS) is 22.6. The van der Waals surface area contributed by atoms with Crippen LogP contribution in [0.15, 0.2) is 72.8 Å². The number of halogens is 1. The molecule has 4 nitrogen and oxygen atoms in total. The highest BCUT2D eigenvalue weighted by Crippen LogP contribution is 2.40. The molecule has 3 aromatic carbocycles. The molecule has 0 saturated carbocycles. The minimum Gasteiger partial charge on any atom is -0.488 e. The van der Waals surface area contributed by atoms with E-state index in [2.05, 4.69) is 29.6 Å². The van der Waals surface area contributed by atoms with E-state index in [-0.39, 0.29) is 17.8 Å². The average molecular weight is 431 g/mol. The van der Waals surface area contributed by atoms with Crippen LogP contribution in [0.25, 0.3) is 11.1 Å². The molecule has 2 saturated heterocycles. The summed E-state index contributed by atoms with van der Waals surface area (Å²) in [6.45, 7) is 1.12. The van der Waals surface area contributed by atoms with Crippen molar-refractivity contribution in [1.82, 2.24) is 10.2 Å². The summed E-state index contributed by atoms with van der Waals surface area (Å²) in [4.78, 5) is 14.5. The minimum atomic E-state index is -0.401. The van der Waals surface area contributed by atoms with E-state index in [1.54, 1.807) is 6.07 Å². The minimum absolute atomic E-state index is 0.158. The number of carbonyl (C=O) groups is 1. The molecule has 2 heterocycles. The van der Waals surface area contributed by atoms with Crippen LogP contribution in [-0.2, 0) is 11.4 Å². The Bertz CT molecular complexity index is 1150. The fraction of sp³-hybridized carbons (Fsp3) is 0.296. The van der Waals surface area contributed by atoms with Crippen molar-refractivity contribution in [2.24, 2.45) is 0 Å². The summed E-state index contributed by atoms with van der Waals surface area (Å²) >= 11 is 0. The summed E-state index contributed by atoms with van der Waals surface area (Å²) in [5.74, 6) is 0.713. The quantitative estimate of drug-likeness (QED) is 0.613. The van der Waals surface area contributed by atoms with Gasteiger partial charge in [-0.1, -0.05) is 48.5 Å². The van der Waals surface area contributed by atoms with Crippen molar-refractivity contribution in [3.8, 4) is 16.9 Å². The van der Waals surface area contributed by atoms with Gasteiger partial charge in [0.2, 0.25) is 5.91 Å². The molecule has 0 aromatic heterocycles. The van der Waals surface area contributed by atoms with Gasteiger partial charge in [0.05, 0.1) is 0 Å². The van der Waals surface area contributed by atoms with Crippen LogP contribution in [0.3, 0.4) is 0 Å². The molecule has 5 rings (SSSR count). The fourth-order valence-electron chi connectivity index (χ4n) is 4.96. The molecule has 32 heavy (non-hydrogen) atoms. The Balaban J connectivity index is 1.37. The molecule has 1 amide bonds. The summed E-state index contributed by atoms with van der Waals surface area (Å²) in [7, 11) is 1.88. The number of hydrogen-bond acceptors (Lipinski definition) is 3. The molecule has 5 heteroatoms. The van der Waals surface area contributed by atoms with Gasteiger partial charge in [-0.3, -0.25) is 10.1 Å². The predicted octanol–water partition coefficient (Wildman–Crippen LogP) is 5.10. The van der Waals surface area contributed by atoms with Gasteiger partial charge in [0.15, 0.2) is 0 Å². The van der Waals surface area contributed by atoms with Crippen molar-refractivity contribution in [3.63, 3.8) is 0 Å². The number of nitrogens with zero attached hydrogens (tertiary/aromatic N) is 1. The Hall–Kier alpha value is -3.18. The lowest BCUT2D eigenvalue weighted by Gasteiger charge is -2.23. The van der Waals surface area contributed by atoms with Crippen LogP contribution in [0.2, 0.25) is 0 Å². The molecule has 1 N–H and O–H groups in total. The Morgan fingerprint density at radius 3 is 2.72 bits per heavy atom. The van der Waals surface area contributed by atoms with Gasteiger partial charge in [-0.25, -0.2) is 4.39 Å². The Kier molecular flexibility index (Phi) is 5.43. The number of amides is 1. The summed E-state index contributed by atoms with van der Waals surface area (Å²) in [6, 6.07) is 23.0. The van der Waals surface area contributed by atoms with Crippen molar-refractivity contribution in [2.75, 3.05) is 13.6 Å². The maximum Gasteiger partial charge on any atom is 0.242 e. The van der Waals surface area contributed by atoms with Gasteiger partial charge in [-0.05, 0) is 60.2 Å². The van der Waals surface area contributed by atoms with Gasteiger partial charge in [0.25, 0.3) is 0 Å². The third-order valence-electron chi connectivity index (χ3n) is 6.71. The van der Waals surface area contributed by atoms with Gasteiger partial charge in [0.1, 0.15) is 23.7 Å². The zero-order chi connectivity index (χ0) is 22.1. The summed E-state index contributed by atoms with van der Waals surface area (Å²) < 4.78 is 19.6. The maximum atomic E-state index is 13.5. The second kappa shape index (κ2) is 8.40. The molecule has 3 aromatic rings. The van der Waals surface area contributed by atoms with Crippen molar-refractivity contribution >= 4 is 5.91 Å². The smallest absolute Gasteiger partial charge is 0.242 e. The number of rotatable bonds is 5. The third kappa shape index (κ3) is 3.89. The van der Waals surface area contributed by atoms with E-state index >= 15 is 0 Å². The second-order valence-corrected chi connectivity index (χ2v) is 8.83. The first-order chi connectivity index (χ1) is 15.5. The van der Waals surface area contributed by atoms with E-state index < -0.39 is 5.54 Å². The van der Waals surface area contributed by atoms with Gasteiger partial charge in [-0.2, -0.15) is 0 Å². The molecule has 164 valence electrons. The number of likely N-dealkylation sites (N-methyl/N-ethyl adjacent to an activating group) is 1. The maximum absolute atomic E-state index is 13.5. The van der Waals surface area contributed by atoms with E-state index in [1.165, 1.54) is 17.7 Å².